The minimum Gasteiger partial charge on any atom is -0.493 e. The summed E-state index contributed by atoms with van der Waals surface area (Å²) in [5.74, 6) is 1.67. The molecule has 1 aliphatic heterocycles. The predicted molar refractivity (Wildman–Crippen MR) is 59.2 cm³/mol. The lowest BCUT2D eigenvalue weighted by atomic mass is 10.1. The Kier molecular flexibility index (Phi) is 2.92. The molecule has 1 aliphatic rings. The van der Waals surface area contributed by atoms with Crippen LogP contribution in [-0.4, -0.2) is 13.2 Å². The lowest BCUT2D eigenvalue weighted by Crippen LogP contribution is -2.10. The van der Waals surface area contributed by atoms with E-state index in [1.807, 2.05) is 24.3 Å². The normalized spacial score (nSPS) is 18.1. The van der Waals surface area contributed by atoms with Gasteiger partial charge in [0.25, 0.3) is 0 Å². The molecule has 1 unspecified atom stereocenters. The Balaban J connectivity index is 2.06. The third-order valence-corrected chi connectivity index (χ3v) is 2.39. The average molecular weight is 205 g/mol. The maximum absolute atomic E-state index is 5.84. The van der Waals surface area contributed by atoms with Crippen molar-refractivity contribution in [2.75, 3.05) is 13.2 Å². The van der Waals surface area contributed by atoms with Crippen LogP contribution in [0, 0.1) is 0 Å². The number of nitrogens with two attached hydrogens (primary N) is 1. The second kappa shape index (κ2) is 4.36. The Labute approximate surface area is 89.5 Å². The van der Waals surface area contributed by atoms with Crippen molar-refractivity contribution in [3.63, 3.8) is 0 Å². The highest BCUT2D eigenvalue weighted by atomic mass is 16.5. The van der Waals surface area contributed by atoms with E-state index in [2.05, 4.69) is 6.58 Å². The fourth-order valence-corrected chi connectivity index (χ4v) is 1.57. The third kappa shape index (κ3) is 2.13. The molecule has 0 aromatic heterocycles. The first-order valence-electron chi connectivity index (χ1n) is 5.07. The smallest absolute Gasteiger partial charge is 0.127 e. The van der Waals surface area contributed by atoms with Gasteiger partial charge in [-0.2, -0.15) is 0 Å². The average Bonchev–Trinajstić information content (AvgIpc) is 2.61. The van der Waals surface area contributed by atoms with Crippen molar-refractivity contribution in [1.82, 2.24) is 0 Å². The first-order valence-corrected chi connectivity index (χ1v) is 5.07. The van der Waals surface area contributed by atoms with Gasteiger partial charge in [-0.3, -0.25) is 0 Å². The maximum Gasteiger partial charge on any atom is 0.127 e. The summed E-state index contributed by atoms with van der Waals surface area (Å²) in [6.07, 6.45) is 2.68. The molecular formula is C12H15NO2. The van der Waals surface area contributed by atoms with Crippen LogP contribution in [0.5, 0.6) is 11.5 Å². The fraction of sp³-hybridized carbons (Fsp3) is 0.333. The summed E-state index contributed by atoms with van der Waals surface area (Å²) in [6, 6.07) is 5.79. The highest BCUT2D eigenvalue weighted by Crippen LogP contribution is 2.33. The van der Waals surface area contributed by atoms with Crippen molar-refractivity contribution in [2.24, 2.45) is 5.73 Å². The van der Waals surface area contributed by atoms with Crippen molar-refractivity contribution >= 4 is 0 Å². The molecule has 0 amide bonds. The van der Waals surface area contributed by atoms with Crippen molar-refractivity contribution in [2.45, 2.75) is 12.5 Å². The molecule has 0 fully saturated rings. The second-order valence-electron chi connectivity index (χ2n) is 3.54. The molecule has 0 saturated carbocycles. The summed E-state index contributed by atoms with van der Waals surface area (Å²) in [5, 5.41) is 0. The fourth-order valence-electron chi connectivity index (χ4n) is 1.57. The van der Waals surface area contributed by atoms with Crippen LogP contribution in [0.1, 0.15) is 18.0 Å². The Hall–Kier alpha value is -1.48. The van der Waals surface area contributed by atoms with E-state index < -0.39 is 0 Å². The Morgan fingerprint density at radius 3 is 3.27 bits per heavy atom. The highest BCUT2D eigenvalue weighted by Gasteiger charge is 2.20. The number of benzene rings is 1. The highest BCUT2D eigenvalue weighted by molar-refractivity contribution is 5.44. The third-order valence-electron chi connectivity index (χ3n) is 2.39. The lowest BCUT2D eigenvalue weighted by molar-refractivity contribution is 0.315. The van der Waals surface area contributed by atoms with Gasteiger partial charge in [-0.1, -0.05) is 6.08 Å². The number of fused-ring (bicyclic) bond motifs is 1. The van der Waals surface area contributed by atoms with Gasteiger partial charge >= 0.3 is 0 Å². The summed E-state index contributed by atoms with van der Waals surface area (Å²) >= 11 is 0. The van der Waals surface area contributed by atoms with Gasteiger partial charge in [-0.15, -0.1) is 6.58 Å². The molecule has 3 heteroatoms. The van der Waals surface area contributed by atoms with Crippen LogP contribution < -0.4 is 15.2 Å². The van der Waals surface area contributed by atoms with Crippen molar-refractivity contribution < 1.29 is 9.47 Å². The second-order valence-corrected chi connectivity index (χ2v) is 3.54. The van der Waals surface area contributed by atoms with E-state index in [1.165, 1.54) is 0 Å². The van der Waals surface area contributed by atoms with E-state index in [0.29, 0.717) is 13.2 Å². The molecule has 2 rings (SSSR count). The first-order chi connectivity index (χ1) is 7.31. The topological polar surface area (TPSA) is 44.5 Å². The molecule has 80 valence electrons. The van der Waals surface area contributed by atoms with Crippen LogP contribution in [0.3, 0.4) is 0 Å². The van der Waals surface area contributed by atoms with Crippen LogP contribution in [0.4, 0.5) is 0 Å². The summed E-state index contributed by atoms with van der Waals surface area (Å²) in [5.41, 5.74) is 6.90. The number of rotatable bonds is 4. The monoisotopic (exact) mass is 205 g/mol. The van der Waals surface area contributed by atoms with Crippen LogP contribution in [0.2, 0.25) is 0 Å². The zero-order valence-electron chi connectivity index (χ0n) is 8.61. The van der Waals surface area contributed by atoms with E-state index >= 15 is 0 Å². The van der Waals surface area contributed by atoms with Gasteiger partial charge in [0.15, 0.2) is 0 Å². The van der Waals surface area contributed by atoms with Crippen LogP contribution in [-0.2, 0) is 0 Å². The SMILES string of the molecule is C=CCCOc1ccc2c(c1)OCC2N. The van der Waals surface area contributed by atoms with Crippen molar-refractivity contribution in [3.05, 3.63) is 36.4 Å². The van der Waals surface area contributed by atoms with Gasteiger partial charge in [0.2, 0.25) is 0 Å². The van der Waals surface area contributed by atoms with Crippen molar-refractivity contribution in [3.8, 4) is 11.5 Å². The zero-order chi connectivity index (χ0) is 10.7. The summed E-state index contributed by atoms with van der Waals surface area (Å²) in [6.45, 7) is 4.85. The van der Waals surface area contributed by atoms with Gasteiger partial charge in [0.05, 0.1) is 12.6 Å². The van der Waals surface area contributed by atoms with E-state index in [1.54, 1.807) is 0 Å². The summed E-state index contributed by atoms with van der Waals surface area (Å²) < 4.78 is 10.9. The molecule has 1 heterocycles. The molecule has 1 aromatic rings. The minimum atomic E-state index is 0.00206. The quantitative estimate of drug-likeness (QED) is 0.604. The summed E-state index contributed by atoms with van der Waals surface area (Å²) in [7, 11) is 0. The van der Waals surface area contributed by atoms with E-state index in [-0.39, 0.29) is 6.04 Å². The number of hydrogen-bond acceptors (Lipinski definition) is 3. The van der Waals surface area contributed by atoms with Crippen molar-refractivity contribution in [1.29, 1.82) is 0 Å². The molecule has 0 spiro atoms. The molecule has 0 bridgehead atoms. The summed E-state index contributed by atoms with van der Waals surface area (Å²) in [4.78, 5) is 0. The standard InChI is InChI=1S/C12H15NO2/c1-2-3-6-14-9-4-5-10-11(13)8-15-12(10)7-9/h2,4-5,7,11H,1,3,6,8,13H2. The van der Waals surface area contributed by atoms with E-state index in [9.17, 15) is 0 Å². The van der Waals surface area contributed by atoms with Gasteiger partial charge in [-0.05, 0) is 18.6 Å². The molecule has 0 aliphatic carbocycles. The Morgan fingerprint density at radius 1 is 1.60 bits per heavy atom. The molecule has 1 aromatic carbocycles. The van der Waals surface area contributed by atoms with Gasteiger partial charge in [0.1, 0.15) is 18.1 Å². The Morgan fingerprint density at radius 2 is 2.47 bits per heavy atom. The molecule has 0 radical (unpaired) electrons. The first kappa shape index (κ1) is 10.1. The predicted octanol–water partition coefficient (Wildman–Crippen LogP) is 2.03. The number of ether oxygens (including phenoxy) is 2. The minimum absolute atomic E-state index is 0.00206. The molecule has 3 nitrogen and oxygen atoms in total. The molecule has 1 atom stereocenters. The van der Waals surface area contributed by atoms with Crippen LogP contribution in [0.25, 0.3) is 0 Å². The molecule has 15 heavy (non-hydrogen) atoms. The van der Waals surface area contributed by atoms with Gasteiger partial charge < -0.3 is 15.2 Å². The molecule has 2 N–H and O–H groups in total. The molecule has 0 saturated heterocycles. The lowest BCUT2D eigenvalue weighted by Gasteiger charge is -2.06. The van der Waals surface area contributed by atoms with Crippen LogP contribution >= 0.6 is 0 Å². The van der Waals surface area contributed by atoms with E-state index in [4.69, 9.17) is 15.2 Å². The largest absolute Gasteiger partial charge is 0.493 e. The van der Waals surface area contributed by atoms with E-state index in [0.717, 1.165) is 23.5 Å². The van der Waals surface area contributed by atoms with Gasteiger partial charge in [-0.25, -0.2) is 0 Å². The zero-order valence-corrected chi connectivity index (χ0v) is 8.61. The van der Waals surface area contributed by atoms with Crippen LogP contribution in [0.15, 0.2) is 30.9 Å². The molecular weight excluding hydrogens is 190 g/mol. The van der Waals surface area contributed by atoms with Gasteiger partial charge in [0, 0.05) is 11.6 Å². The maximum atomic E-state index is 5.84. The number of hydrogen-bond donors (Lipinski definition) is 1. The Bertz CT molecular complexity index is 363.